The van der Waals surface area contributed by atoms with Crippen molar-refractivity contribution in [3.05, 3.63) is 48.5 Å². The number of rotatable bonds is 17. The van der Waals surface area contributed by atoms with Gasteiger partial charge in [0.15, 0.2) is 0 Å². The monoisotopic (exact) mass is 701 g/mol. The van der Waals surface area contributed by atoms with Gasteiger partial charge in [-0.2, -0.15) is 13.2 Å². The number of benzene rings is 2. The summed E-state index contributed by atoms with van der Waals surface area (Å²) in [7, 11) is -9.04. The molecule has 248 valence electrons. The topological polar surface area (TPSA) is 140 Å². The molecule has 3 rings (SSSR count). The van der Waals surface area contributed by atoms with Gasteiger partial charge in [0.25, 0.3) is 9.84 Å². The van der Waals surface area contributed by atoms with Crippen LogP contribution in [0.1, 0.15) is 20.3 Å². The maximum absolute atomic E-state index is 13.6. The van der Waals surface area contributed by atoms with Crippen LogP contribution in [-0.4, -0.2) is 96.5 Å². The van der Waals surface area contributed by atoms with Gasteiger partial charge in [-0.25, -0.2) is 8.42 Å². The Kier molecular flexibility index (Phi) is 14.0. The van der Waals surface area contributed by atoms with Crippen LogP contribution in [0.25, 0.3) is 0 Å². The van der Waals surface area contributed by atoms with E-state index in [2.05, 4.69) is 10.2 Å². The number of anilines is 2. The van der Waals surface area contributed by atoms with E-state index in [-0.39, 0.29) is 30.9 Å². The van der Waals surface area contributed by atoms with Crippen molar-refractivity contribution in [2.45, 2.75) is 41.6 Å². The van der Waals surface area contributed by atoms with Gasteiger partial charge in [-0.1, -0.05) is 18.2 Å². The molecule has 1 aliphatic rings. The Hall–Kier alpha value is -1.69. The van der Waals surface area contributed by atoms with Gasteiger partial charge in [0.2, 0.25) is 0 Å². The Bertz CT molecular complexity index is 1370. The van der Waals surface area contributed by atoms with Gasteiger partial charge in [0.1, 0.15) is 11.2 Å². The molecule has 1 unspecified atom stereocenters. The van der Waals surface area contributed by atoms with E-state index in [4.69, 9.17) is 9.05 Å². The fourth-order valence-electron chi connectivity index (χ4n) is 4.53. The first-order valence-electron chi connectivity index (χ1n) is 13.8. The molecule has 0 bridgehead atoms. The van der Waals surface area contributed by atoms with Crippen molar-refractivity contribution in [1.82, 2.24) is 9.80 Å². The van der Waals surface area contributed by atoms with E-state index < -0.39 is 45.1 Å². The minimum Gasteiger partial charge on any atom is -0.755 e. The molecule has 1 fully saturated rings. The first kappa shape index (κ1) is 36.8. The minimum atomic E-state index is -5.81. The third-order valence-electron chi connectivity index (χ3n) is 6.61. The SMILES string of the molecule is CCOP(=O)(CN1CCN(CC[C@H](CSc2ccccc2)Nc2ccc(NS(=O)[O-])cc2S(=O)(=O)C(F)(F)F)CC1)OCC. The molecule has 1 heterocycles. The van der Waals surface area contributed by atoms with E-state index in [1.54, 1.807) is 13.8 Å². The zero-order valence-corrected chi connectivity index (χ0v) is 27.7. The third kappa shape index (κ3) is 11.0. The first-order valence-corrected chi connectivity index (χ1v) is 19.1. The van der Waals surface area contributed by atoms with E-state index in [9.17, 15) is 34.9 Å². The Morgan fingerprint density at radius 1 is 1.05 bits per heavy atom. The van der Waals surface area contributed by atoms with Crippen molar-refractivity contribution in [2.75, 3.05) is 68.0 Å². The van der Waals surface area contributed by atoms with Crippen LogP contribution in [0.5, 0.6) is 0 Å². The van der Waals surface area contributed by atoms with Gasteiger partial charge < -0.3 is 28.5 Å². The fraction of sp³-hybridized carbons (Fsp3) is 0.538. The summed E-state index contributed by atoms with van der Waals surface area (Å²) in [5.74, 6) is 0.409. The highest BCUT2D eigenvalue weighted by molar-refractivity contribution is 7.99. The molecule has 2 aromatic carbocycles. The normalized spacial score (nSPS) is 16.9. The zero-order chi connectivity index (χ0) is 32.4. The number of hydrogen-bond acceptors (Lipinski definition) is 11. The number of hydrogen-bond donors (Lipinski definition) is 2. The van der Waals surface area contributed by atoms with Crippen LogP contribution >= 0.6 is 19.4 Å². The second-order valence-electron chi connectivity index (χ2n) is 9.80. The molecule has 0 aliphatic carbocycles. The maximum atomic E-state index is 13.6. The molecular weight excluding hydrogens is 664 g/mol. The maximum Gasteiger partial charge on any atom is 0.501 e. The second kappa shape index (κ2) is 16.7. The molecule has 0 radical (unpaired) electrons. The molecule has 44 heavy (non-hydrogen) atoms. The third-order valence-corrected chi connectivity index (χ3v) is 11.8. The Morgan fingerprint density at radius 3 is 2.23 bits per heavy atom. The molecule has 2 N–H and O–H groups in total. The molecule has 0 spiro atoms. The van der Waals surface area contributed by atoms with Crippen LogP contribution in [0, 0.1) is 0 Å². The van der Waals surface area contributed by atoms with E-state index in [0.29, 0.717) is 51.0 Å². The summed E-state index contributed by atoms with van der Waals surface area (Å²) in [5.41, 5.74) is -6.20. The van der Waals surface area contributed by atoms with Crippen LogP contribution in [0.3, 0.4) is 0 Å². The van der Waals surface area contributed by atoms with E-state index in [1.165, 1.54) is 17.8 Å². The average molecular weight is 702 g/mol. The standard InChI is InChI=1S/C26H38F3N4O7PS3/c1-3-39-41(34,40-4-2)20-33-16-14-32(15-17-33)13-12-22(19-42-23-8-6-5-7-9-23)30-24-11-10-21(31-43(35)36)18-25(24)44(37,38)26(27,28)29/h5-11,18,22,30-31H,3-4,12-17,19-20H2,1-2H3,(H,35,36)/p-1/t22-/m1/s1. The summed E-state index contributed by atoms with van der Waals surface area (Å²) < 4.78 is 114. The van der Waals surface area contributed by atoms with E-state index in [0.717, 1.165) is 11.0 Å². The predicted molar refractivity (Wildman–Crippen MR) is 165 cm³/mol. The second-order valence-corrected chi connectivity index (χ2v) is 15.5. The van der Waals surface area contributed by atoms with E-state index >= 15 is 0 Å². The molecule has 1 saturated heterocycles. The number of thioether (sulfide) groups is 1. The van der Waals surface area contributed by atoms with Gasteiger partial charge in [-0.15, -0.1) is 11.8 Å². The van der Waals surface area contributed by atoms with Gasteiger partial charge in [-0.05, 0) is 50.6 Å². The van der Waals surface area contributed by atoms with Crippen molar-refractivity contribution in [3.63, 3.8) is 0 Å². The van der Waals surface area contributed by atoms with Crippen LogP contribution in [0.2, 0.25) is 0 Å². The molecule has 11 nitrogen and oxygen atoms in total. The predicted octanol–water partition coefficient (Wildman–Crippen LogP) is 4.99. The Morgan fingerprint density at radius 2 is 1.66 bits per heavy atom. The number of nitrogens with zero attached hydrogens (tertiary/aromatic N) is 2. The lowest BCUT2D eigenvalue weighted by atomic mass is 10.2. The van der Waals surface area contributed by atoms with Crippen molar-refractivity contribution >= 4 is 51.8 Å². The highest BCUT2D eigenvalue weighted by Gasteiger charge is 2.48. The van der Waals surface area contributed by atoms with Gasteiger partial charge in [0.05, 0.1) is 18.9 Å². The first-order chi connectivity index (χ1) is 20.8. The van der Waals surface area contributed by atoms with Crippen LogP contribution < -0.4 is 10.0 Å². The summed E-state index contributed by atoms with van der Waals surface area (Å²) >= 11 is -1.40. The number of halogens is 3. The minimum absolute atomic E-state index is 0.182. The largest absolute Gasteiger partial charge is 0.755 e. The highest BCUT2D eigenvalue weighted by Crippen LogP contribution is 2.48. The highest BCUT2D eigenvalue weighted by atomic mass is 32.2. The summed E-state index contributed by atoms with van der Waals surface area (Å²) in [6, 6.07) is 11.9. The zero-order valence-electron chi connectivity index (χ0n) is 24.3. The summed E-state index contributed by atoms with van der Waals surface area (Å²) in [5, 5.41) is 3.00. The number of piperazine rings is 1. The van der Waals surface area contributed by atoms with Gasteiger partial charge in [0, 0.05) is 66.4 Å². The summed E-state index contributed by atoms with van der Waals surface area (Å²) in [6.45, 7) is 7.15. The van der Waals surface area contributed by atoms with E-state index in [1.807, 2.05) is 40.0 Å². The molecule has 1 aliphatic heterocycles. The van der Waals surface area contributed by atoms with Crippen LogP contribution in [-0.2, 0) is 34.7 Å². The molecular formula is C26H37F3N4O7PS3-. The molecule has 2 aromatic rings. The average Bonchev–Trinajstić information content (AvgIpc) is 2.95. The van der Waals surface area contributed by atoms with Crippen molar-refractivity contribution < 1.29 is 44.0 Å². The molecule has 2 atom stereocenters. The lowest BCUT2D eigenvalue weighted by Gasteiger charge is -2.36. The van der Waals surface area contributed by atoms with Crippen LogP contribution in [0.15, 0.2) is 58.3 Å². The van der Waals surface area contributed by atoms with Crippen molar-refractivity contribution in [2.24, 2.45) is 0 Å². The lowest BCUT2D eigenvalue weighted by Crippen LogP contribution is -2.47. The molecule has 18 heteroatoms. The number of nitrogens with one attached hydrogen (secondary N) is 2. The smallest absolute Gasteiger partial charge is 0.501 e. The number of alkyl halides is 3. The Labute approximate surface area is 263 Å². The lowest BCUT2D eigenvalue weighted by molar-refractivity contribution is -0.0435. The van der Waals surface area contributed by atoms with Crippen molar-refractivity contribution in [3.8, 4) is 0 Å². The molecule has 0 aromatic heterocycles. The van der Waals surface area contributed by atoms with Gasteiger partial charge >= 0.3 is 13.1 Å². The summed E-state index contributed by atoms with van der Waals surface area (Å²) in [6.07, 6.45) is 0.647. The van der Waals surface area contributed by atoms with Crippen molar-refractivity contribution in [1.29, 1.82) is 0 Å². The van der Waals surface area contributed by atoms with Crippen LogP contribution in [0.4, 0.5) is 24.5 Å². The summed E-state index contributed by atoms with van der Waals surface area (Å²) in [4.78, 5) is 4.05. The quantitative estimate of drug-likeness (QED) is 0.131. The van der Waals surface area contributed by atoms with Gasteiger partial charge in [-0.3, -0.25) is 13.7 Å². The number of sulfone groups is 1. The fourth-order valence-corrected chi connectivity index (χ4v) is 8.59. The molecule has 0 amide bonds. The molecule has 0 saturated carbocycles. The Balaban J connectivity index is 1.75.